The fourth-order valence-electron chi connectivity index (χ4n) is 3.96. The summed E-state index contributed by atoms with van der Waals surface area (Å²) in [5.74, 6) is -0.632. The summed E-state index contributed by atoms with van der Waals surface area (Å²) < 4.78 is 15.5. The minimum absolute atomic E-state index is 0.270. The highest BCUT2D eigenvalue weighted by atomic mass is 19.1. The van der Waals surface area contributed by atoms with Crippen LogP contribution in [0.3, 0.4) is 0 Å². The Labute approximate surface area is 200 Å². The van der Waals surface area contributed by atoms with Gasteiger partial charge >= 0.3 is 0 Å². The van der Waals surface area contributed by atoms with Crippen molar-refractivity contribution < 1.29 is 14.3 Å². The maximum Gasteiger partial charge on any atom is 0.274 e. The van der Waals surface area contributed by atoms with E-state index in [0.717, 1.165) is 16.7 Å². The molecule has 5 rings (SSSR count). The van der Waals surface area contributed by atoms with Crippen LogP contribution in [0.5, 0.6) is 0 Å². The lowest BCUT2D eigenvalue weighted by Gasteiger charge is -2.12. The summed E-state index contributed by atoms with van der Waals surface area (Å²) in [5.41, 5.74) is 11.2. The van der Waals surface area contributed by atoms with E-state index in [1.54, 1.807) is 53.9 Å². The molecular formula is C27H22FN5O2. The Morgan fingerprint density at radius 2 is 1.89 bits per heavy atom. The topological polar surface area (TPSA) is 106 Å². The Morgan fingerprint density at radius 1 is 1.06 bits per heavy atom. The van der Waals surface area contributed by atoms with Gasteiger partial charge in [-0.25, -0.2) is 9.37 Å². The van der Waals surface area contributed by atoms with Crippen molar-refractivity contribution in [3.05, 3.63) is 108 Å². The molecule has 7 nitrogen and oxygen atoms in total. The number of halogens is 1. The predicted octanol–water partition coefficient (Wildman–Crippen LogP) is 4.71. The van der Waals surface area contributed by atoms with Crippen LogP contribution in [0.25, 0.3) is 28.0 Å². The number of carbonyl (C=O) groups excluding carboxylic acids is 1. The lowest BCUT2D eigenvalue weighted by atomic mass is 9.99. The Bertz CT molecular complexity index is 1560. The van der Waals surface area contributed by atoms with Gasteiger partial charge in [-0.15, -0.1) is 0 Å². The number of aromatic nitrogens is 3. The van der Waals surface area contributed by atoms with Crippen LogP contribution in [0, 0.1) is 12.7 Å². The average molecular weight is 468 g/mol. The number of benzene rings is 2. The molecule has 5 aromatic rings. The minimum atomic E-state index is -1.14. The summed E-state index contributed by atoms with van der Waals surface area (Å²) in [6.45, 7) is 1.72. The van der Waals surface area contributed by atoms with E-state index in [9.17, 15) is 14.3 Å². The van der Waals surface area contributed by atoms with Crippen molar-refractivity contribution in [1.82, 2.24) is 14.4 Å². The molecule has 174 valence electrons. The molecule has 1 amide bonds. The van der Waals surface area contributed by atoms with Crippen LogP contribution < -0.4 is 11.1 Å². The van der Waals surface area contributed by atoms with Crippen LogP contribution >= 0.6 is 0 Å². The molecule has 0 aliphatic rings. The highest BCUT2D eigenvalue weighted by Crippen LogP contribution is 2.31. The number of amides is 1. The van der Waals surface area contributed by atoms with Gasteiger partial charge < -0.3 is 16.2 Å². The highest BCUT2D eigenvalue weighted by Gasteiger charge is 2.16. The van der Waals surface area contributed by atoms with Crippen LogP contribution in [0.15, 0.2) is 85.3 Å². The molecule has 1 atom stereocenters. The fourth-order valence-corrected chi connectivity index (χ4v) is 3.96. The molecule has 0 bridgehead atoms. The first kappa shape index (κ1) is 22.4. The first-order valence-corrected chi connectivity index (χ1v) is 10.9. The van der Waals surface area contributed by atoms with Crippen LogP contribution in [0.4, 0.5) is 10.1 Å². The van der Waals surface area contributed by atoms with Gasteiger partial charge in [0.25, 0.3) is 5.91 Å². The summed E-state index contributed by atoms with van der Waals surface area (Å²) in [4.78, 5) is 22.0. The lowest BCUT2D eigenvalue weighted by molar-refractivity contribution is 0.102. The van der Waals surface area contributed by atoms with Crippen molar-refractivity contribution >= 4 is 17.2 Å². The van der Waals surface area contributed by atoms with E-state index in [2.05, 4.69) is 15.3 Å². The number of nitrogens with one attached hydrogen (secondary N) is 1. The number of imidazole rings is 1. The number of aryl methyl sites for hydroxylation is 1. The molecule has 1 unspecified atom stereocenters. The molecule has 0 saturated carbocycles. The van der Waals surface area contributed by atoms with Crippen molar-refractivity contribution in [1.29, 1.82) is 0 Å². The van der Waals surface area contributed by atoms with Gasteiger partial charge in [-0.3, -0.25) is 14.2 Å². The molecule has 2 aromatic carbocycles. The normalized spacial score (nSPS) is 12.0. The van der Waals surface area contributed by atoms with Gasteiger partial charge in [0.15, 0.2) is 0 Å². The summed E-state index contributed by atoms with van der Waals surface area (Å²) in [6.07, 6.45) is 3.89. The number of hydrogen-bond donors (Lipinski definition) is 3. The van der Waals surface area contributed by atoms with E-state index in [1.807, 2.05) is 30.5 Å². The van der Waals surface area contributed by atoms with Crippen molar-refractivity contribution in [2.24, 2.45) is 5.73 Å². The highest BCUT2D eigenvalue weighted by molar-refractivity contribution is 6.03. The van der Waals surface area contributed by atoms with Crippen LogP contribution in [-0.2, 0) is 0 Å². The number of aliphatic hydroxyl groups excluding tert-OH is 1. The predicted molar refractivity (Wildman–Crippen MR) is 132 cm³/mol. The molecule has 3 heterocycles. The van der Waals surface area contributed by atoms with Gasteiger partial charge in [-0.2, -0.15) is 0 Å². The molecule has 0 aliphatic heterocycles. The standard InChI is InChI=1S/C27H22FN5O2/c1-16-12-17(7-9-22(16)28)25-21(6-3-11-30-25)19-8-10-24-31-14-23(33(24)15-19)27(35)32-20-5-2-4-18(13-20)26(29)34/h2-15,26,34H,29H2,1H3,(H,32,35). The third-order valence-corrected chi connectivity index (χ3v) is 5.77. The van der Waals surface area contributed by atoms with E-state index in [-0.39, 0.29) is 11.7 Å². The van der Waals surface area contributed by atoms with E-state index >= 15 is 0 Å². The SMILES string of the molecule is Cc1cc(-c2ncccc2-c2ccc3ncc(C(=O)Nc4cccc(C(N)O)c4)n3c2)ccc1F. The van der Waals surface area contributed by atoms with Crippen LogP contribution in [0.2, 0.25) is 0 Å². The third-order valence-electron chi connectivity index (χ3n) is 5.77. The first-order chi connectivity index (χ1) is 16.9. The summed E-state index contributed by atoms with van der Waals surface area (Å²) in [7, 11) is 0. The molecule has 0 fully saturated rings. The number of anilines is 1. The second-order valence-corrected chi connectivity index (χ2v) is 8.18. The fraction of sp³-hybridized carbons (Fsp3) is 0.0741. The lowest BCUT2D eigenvalue weighted by Crippen LogP contribution is -2.15. The summed E-state index contributed by atoms with van der Waals surface area (Å²) >= 11 is 0. The van der Waals surface area contributed by atoms with Crippen LogP contribution in [0.1, 0.15) is 27.8 Å². The number of nitrogens with two attached hydrogens (primary N) is 1. The Morgan fingerprint density at radius 3 is 2.69 bits per heavy atom. The molecule has 35 heavy (non-hydrogen) atoms. The second-order valence-electron chi connectivity index (χ2n) is 8.18. The zero-order valence-electron chi connectivity index (χ0n) is 18.8. The Kier molecular flexibility index (Phi) is 5.82. The largest absolute Gasteiger partial charge is 0.375 e. The Hall–Kier alpha value is -4.40. The number of carbonyl (C=O) groups is 1. The Balaban J connectivity index is 1.53. The number of rotatable bonds is 5. The van der Waals surface area contributed by atoms with Crippen molar-refractivity contribution in [2.45, 2.75) is 13.2 Å². The van der Waals surface area contributed by atoms with Crippen LogP contribution in [-0.4, -0.2) is 25.4 Å². The van der Waals surface area contributed by atoms with E-state index < -0.39 is 6.23 Å². The zero-order valence-corrected chi connectivity index (χ0v) is 18.8. The number of nitrogens with zero attached hydrogens (tertiary/aromatic N) is 3. The molecule has 0 radical (unpaired) electrons. The number of aliphatic hydroxyl groups is 1. The third kappa shape index (κ3) is 4.40. The summed E-state index contributed by atoms with van der Waals surface area (Å²) in [5, 5.41) is 12.4. The van der Waals surface area contributed by atoms with Gasteiger partial charge in [-0.1, -0.05) is 18.2 Å². The molecule has 3 aromatic heterocycles. The quantitative estimate of drug-likeness (QED) is 0.325. The van der Waals surface area contributed by atoms with Gasteiger partial charge in [0, 0.05) is 34.8 Å². The van der Waals surface area contributed by atoms with Crippen molar-refractivity contribution in [3.63, 3.8) is 0 Å². The number of pyridine rings is 2. The second kappa shape index (κ2) is 9.09. The van der Waals surface area contributed by atoms with Crippen molar-refractivity contribution in [2.75, 3.05) is 5.32 Å². The van der Waals surface area contributed by atoms with Gasteiger partial charge in [0.1, 0.15) is 23.4 Å². The van der Waals surface area contributed by atoms with Gasteiger partial charge in [0.05, 0.1) is 11.9 Å². The van der Waals surface area contributed by atoms with Gasteiger partial charge in [0.2, 0.25) is 0 Å². The number of hydrogen-bond acceptors (Lipinski definition) is 5. The molecular weight excluding hydrogens is 445 g/mol. The first-order valence-electron chi connectivity index (χ1n) is 10.9. The summed E-state index contributed by atoms with van der Waals surface area (Å²) in [6, 6.07) is 19.1. The molecule has 0 aliphatic carbocycles. The zero-order chi connectivity index (χ0) is 24.5. The molecule has 0 spiro atoms. The van der Waals surface area contributed by atoms with E-state index in [0.29, 0.717) is 33.8 Å². The van der Waals surface area contributed by atoms with Gasteiger partial charge in [-0.05, 0) is 66.6 Å². The molecule has 4 N–H and O–H groups in total. The maximum atomic E-state index is 13.8. The minimum Gasteiger partial charge on any atom is -0.375 e. The smallest absolute Gasteiger partial charge is 0.274 e. The van der Waals surface area contributed by atoms with E-state index in [4.69, 9.17) is 5.73 Å². The maximum absolute atomic E-state index is 13.8. The average Bonchev–Trinajstić information content (AvgIpc) is 3.29. The monoisotopic (exact) mass is 467 g/mol. The molecule has 0 saturated heterocycles. The van der Waals surface area contributed by atoms with E-state index in [1.165, 1.54) is 12.3 Å². The number of fused-ring (bicyclic) bond motifs is 1. The van der Waals surface area contributed by atoms with Crippen molar-refractivity contribution in [3.8, 4) is 22.4 Å². The molecule has 8 heteroatoms.